The summed E-state index contributed by atoms with van der Waals surface area (Å²) in [5, 5.41) is 14.6. The number of anilines is 1. The summed E-state index contributed by atoms with van der Waals surface area (Å²) in [6.07, 6.45) is 2.41. The second kappa shape index (κ2) is 9.05. The number of benzene rings is 2. The number of ether oxygens (including phenoxy) is 1. The fourth-order valence-electron chi connectivity index (χ4n) is 4.99. The molecule has 2 atom stereocenters. The number of carboxylic acids is 1. The SMILES string of the molecule is O=C(Nc1ccoc1C(=O)N[C@H]1CCC[C@H]1C(=O)O)OCC1c2ccccc2-c2ccccc21. The van der Waals surface area contributed by atoms with E-state index in [9.17, 15) is 19.5 Å². The van der Waals surface area contributed by atoms with Gasteiger partial charge in [0.15, 0.2) is 0 Å². The number of rotatable bonds is 6. The lowest BCUT2D eigenvalue weighted by Gasteiger charge is -2.17. The molecule has 1 aromatic heterocycles. The average molecular weight is 460 g/mol. The van der Waals surface area contributed by atoms with E-state index >= 15 is 0 Å². The van der Waals surface area contributed by atoms with Gasteiger partial charge in [-0.15, -0.1) is 0 Å². The van der Waals surface area contributed by atoms with Crippen molar-refractivity contribution < 1.29 is 28.6 Å². The van der Waals surface area contributed by atoms with Crippen LogP contribution in [0.25, 0.3) is 11.1 Å². The number of carboxylic acid groups (broad SMARTS) is 1. The zero-order valence-corrected chi connectivity index (χ0v) is 18.3. The summed E-state index contributed by atoms with van der Waals surface area (Å²) < 4.78 is 10.8. The van der Waals surface area contributed by atoms with Crippen molar-refractivity contribution in [2.24, 2.45) is 5.92 Å². The minimum atomic E-state index is -0.931. The molecule has 0 radical (unpaired) electrons. The van der Waals surface area contributed by atoms with Crippen molar-refractivity contribution >= 4 is 23.7 Å². The van der Waals surface area contributed by atoms with Crippen LogP contribution in [0.15, 0.2) is 65.3 Å². The van der Waals surface area contributed by atoms with Crippen molar-refractivity contribution in [2.45, 2.75) is 31.2 Å². The lowest BCUT2D eigenvalue weighted by Crippen LogP contribution is -2.40. The molecule has 3 aromatic rings. The predicted molar refractivity (Wildman–Crippen MR) is 124 cm³/mol. The van der Waals surface area contributed by atoms with Crippen LogP contribution in [0, 0.1) is 5.92 Å². The Morgan fingerprint density at radius 2 is 1.65 bits per heavy atom. The topological polar surface area (TPSA) is 118 Å². The molecule has 8 heteroatoms. The number of nitrogens with one attached hydrogen (secondary N) is 2. The summed E-state index contributed by atoms with van der Waals surface area (Å²) in [7, 11) is 0. The van der Waals surface area contributed by atoms with Gasteiger partial charge in [0.25, 0.3) is 5.91 Å². The number of carbonyl (C=O) groups is 3. The number of hydrogen-bond acceptors (Lipinski definition) is 5. The Morgan fingerprint density at radius 3 is 2.32 bits per heavy atom. The monoisotopic (exact) mass is 460 g/mol. The molecule has 5 rings (SSSR count). The maximum absolute atomic E-state index is 12.7. The molecule has 174 valence electrons. The summed E-state index contributed by atoms with van der Waals surface area (Å²) in [4.78, 5) is 36.6. The molecule has 2 amide bonds. The van der Waals surface area contributed by atoms with E-state index in [1.165, 1.54) is 12.3 Å². The fraction of sp³-hybridized carbons (Fsp3) is 0.269. The molecule has 0 spiro atoms. The molecule has 34 heavy (non-hydrogen) atoms. The van der Waals surface area contributed by atoms with E-state index in [0.717, 1.165) is 28.7 Å². The van der Waals surface area contributed by atoms with Crippen LogP contribution in [0.3, 0.4) is 0 Å². The van der Waals surface area contributed by atoms with E-state index in [1.54, 1.807) is 0 Å². The van der Waals surface area contributed by atoms with Crippen LogP contribution in [-0.2, 0) is 9.53 Å². The van der Waals surface area contributed by atoms with Gasteiger partial charge in [-0.05, 0) is 35.1 Å². The average Bonchev–Trinajstić information content (AvgIpc) is 3.55. The zero-order chi connectivity index (χ0) is 23.7. The second-order valence-corrected chi connectivity index (χ2v) is 8.57. The van der Waals surface area contributed by atoms with Gasteiger partial charge in [0.05, 0.1) is 17.9 Å². The molecule has 2 aliphatic rings. The number of aliphatic carboxylic acids is 1. The summed E-state index contributed by atoms with van der Waals surface area (Å²) in [6.45, 7) is 0.140. The largest absolute Gasteiger partial charge is 0.481 e. The van der Waals surface area contributed by atoms with Crippen LogP contribution >= 0.6 is 0 Å². The minimum Gasteiger partial charge on any atom is -0.481 e. The second-order valence-electron chi connectivity index (χ2n) is 8.57. The third-order valence-electron chi connectivity index (χ3n) is 6.60. The van der Waals surface area contributed by atoms with Crippen LogP contribution in [0.4, 0.5) is 10.5 Å². The van der Waals surface area contributed by atoms with Crippen LogP contribution in [0.2, 0.25) is 0 Å². The molecular weight excluding hydrogens is 436 g/mol. The van der Waals surface area contributed by atoms with E-state index in [0.29, 0.717) is 12.8 Å². The van der Waals surface area contributed by atoms with Crippen molar-refractivity contribution in [3.8, 4) is 11.1 Å². The zero-order valence-electron chi connectivity index (χ0n) is 18.3. The Kier molecular flexibility index (Phi) is 5.79. The van der Waals surface area contributed by atoms with Gasteiger partial charge >= 0.3 is 12.1 Å². The maximum Gasteiger partial charge on any atom is 0.411 e. The van der Waals surface area contributed by atoms with E-state index in [2.05, 4.69) is 22.8 Å². The molecule has 2 aromatic carbocycles. The molecule has 8 nitrogen and oxygen atoms in total. The van der Waals surface area contributed by atoms with Crippen LogP contribution in [0.5, 0.6) is 0 Å². The molecule has 0 saturated heterocycles. The first-order valence-electron chi connectivity index (χ1n) is 11.3. The number of amides is 2. The molecule has 0 aliphatic heterocycles. The Balaban J connectivity index is 1.23. The van der Waals surface area contributed by atoms with Crippen molar-refractivity contribution in [3.63, 3.8) is 0 Å². The minimum absolute atomic E-state index is 0.0828. The van der Waals surface area contributed by atoms with Crippen molar-refractivity contribution in [1.29, 1.82) is 0 Å². The fourth-order valence-corrected chi connectivity index (χ4v) is 4.99. The Hall–Kier alpha value is -4.07. The van der Waals surface area contributed by atoms with Gasteiger partial charge in [-0.3, -0.25) is 14.9 Å². The van der Waals surface area contributed by atoms with Crippen molar-refractivity contribution in [3.05, 3.63) is 77.7 Å². The number of fused-ring (bicyclic) bond motifs is 3. The highest BCUT2D eigenvalue weighted by Gasteiger charge is 2.35. The summed E-state index contributed by atoms with van der Waals surface area (Å²) in [6, 6.07) is 17.1. The first-order chi connectivity index (χ1) is 16.5. The lowest BCUT2D eigenvalue weighted by atomic mass is 9.98. The van der Waals surface area contributed by atoms with Gasteiger partial charge in [-0.1, -0.05) is 55.0 Å². The molecule has 0 unspecified atom stereocenters. The van der Waals surface area contributed by atoms with Crippen LogP contribution in [-0.4, -0.2) is 35.7 Å². The van der Waals surface area contributed by atoms with Gasteiger partial charge in [0, 0.05) is 18.0 Å². The van der Waals surface area contributed by atoms with E-state index < -0.39 is 29.9 Å². The normalized spacial score (nSPS) is 18.7. The van der Waals surface area contributed by atoms with Gasteiger partial charge in [-0.25, -0.2) is 4.79 Å². The molecule has 1 heterocycles. The highest BCUT2D eigenvalue weighted by Crippen LogP contribution is 2.44. The van der Waals surface area contributed by atoms with Crippen molar-refractivity contribution in [2.75, 3.05) is 11.9 Å². The summed E-state index contributed by atoms with van der Waals surface area (Å²) in [5.74, 6) is -2.31. The van der Waals surface area contributed by atoms with Gasteiger partial charge in [-0.2, -0.15) is 0 Å². The number of furan rings is 1. The van der Waals surface area contributed by atoms with E-state index in [1.807, 2.05) is 36.4 Å². The van der Waals surface area contributed by atoms with E-state index in [4.69, 9.17) is 9.15 Å². The Labute approximate surface area is 195 Å². The van der Waals surface area contributed by atoms with Crippen LogP contribution in [0.1, 0.15) is 46.9 Å². The standard InChI is InChI=1S/C26H24N2O6/c29-24(27-21-11-5-10-19(21)25(30)31)23-22(12-13-33-23)28-26(32)34-14-20-17-8-3-1-6-15(17)16-7-2-4-9-18(16)20/h1-4,6-9,12-13,19-21H,5,10-11,14H2,(H,27,29)(H,28,32)(H,30,31)/t19-,21+/m1/s1. The summed E-state index contributed by atoms with van der Waals surface area (Å²) in [5.41, 5.74) is 4.63. The third kappa shape index (κ3) is 4.03. The van der Waals surface area contributed by atoms with E-state index in [-0.39, 0.29) is 24.0 Å². The first kappa shape index (κ1) is 21.8. The smallest absolute Gasteiger partial charge is 0.411 e. The molecule has 1 fully saturated rings. The molecule has 0 bridgehead atoms. The molecule has 3 N–H and O–H groups in total. The molecule has 1 saturated carbocycles. The third-order valence-corrected chi connectivity index (χ3v) is 6.60. The number of hydrogen-bond donors (Lipinski definition) is 3. The lowest BCUT2D eigenvalue weighted by molar-refractivity contribution is -0.142. The molecular formula is C26H24N2O6. The molecule has 2 aliphatic carbocycles. The van der Waals surface area contributed by atoms with Crippen molar-refractivity contribution in [1.82, 2.24) is 5.32 Å². The highest BCUT2D eigenvalue weighted by molar-refractivity contribution is 6.00. The van der Waals surface area contributed by atoms with Gasteiger partial charge in [0.2, 0.25) is 5.76 Å². The van der Waals surface area contributed by atoms with Crippen LogP contribution < -0.4 is 10.6 Å². The van der Waals surface area contributed by atoms with Gasteiger partial charge in [0.1, 0.15) is 6.61 Å². The summed E-state index contributed by atoms with van der Waals surface area (Å²) >= 11 is 0. The highest BCUT2D eigenvalue weighted by atomic mass is 16.5. The first-order valence-corrected chi connectivity index (χ1v) is 11.3. The predicted octanol–water partition coefficient (Wildman–Crippen LogP) is 4.62. The Morgan fingerprint density at radius 1 is 0.971 bits per heavy atom. The quantitative estimate of drug-likeness (QED) is 0.494. The Bertz CT molecular complexity index is 1200. The maximum atomic E-state index is 12.7. The van der Waals surface area contributed by atoms with Gasteiger partial charge < -0.3 is 19.6 Å². The number of carbonyl (C=O) groups excluding carboxylic acids is 2.